The maximum atomic E-state index is 10.7. The Morgan fingerprint density at radius 2 is 1.33 bits per heavy atom. The highest BCUT2D eigenvalue weighted by atomic mass is 16.6. The third kappa shape index (κ3) is 11.8. The summed E-state index contributed by atoms with van der Waals surface area (Å²) in [5.41, 5.74) is 0. The number of hydrogen-bond donors (Lipinski definition) is 1. The summed E-state index contributed by atoms with van der Waals surface area (Å²) in [6, 6.07) is 0. The molecule has 7 nitrogen and oxygen atoms in total. The molecule has 0 rings (SSSR count). The summed E-state index contributed by atoms with van der Waals surface area (Å²) in [7, 11) is 0. The molecule has 21 heavy (non-hydrogen) atoms. The first-order chi connectivity index (χ1) is 10.1. The van der Waals surface area contributed by atoms with Crippen molar-refractivity contribution in [3.05, 3.63) is 25.3 Å². The van der Waals surface area contributed by atoms with E-state index in [0.717, 1.165) is 12.2 Å². The van der Waals surface area contributed by atoms with E-state index in [1.54, 1.807) is 0 Å². The van der Waals surface area contributed by atoms with Gasteiger partial charge in [-0.1, -0.05) is 13.2 Å². The highest BCUT2D eigenvalue weighted by molar-refractivity contribution is 5.81. The van der Waals surface area contributed by atoms with Gasteiger partial charge in [0.05, 0.1) is 33.0 Å². The van der Waals surface area contributed by atoms with Crippen molar-refractivity contribution in [2.45, 2.75) is 0 Å². The Labute approximate surface area is 124 Å². The van der Waals surface area contributed by atoms with E-state index >= 15 is 0 Å². The number of carbonyl (C=O) groups is 2. The Hall–Kier alpha value is -1.70. The van der Waals surface area contributed by atoms with E-state index in [2.05, 4.69) is 13.2 Å². The summed E-state index contributed by atoms with van der Waals surface area (Å²) < 4.78 is 19.9. The summed E-state index contributed by atoms with van der Waals surface area (Å²) in [6.45, 7) is 7.69. The maximum absolute atomic E-state index is 10.7. The number of rotatable bonds is 13. The van der Waals surface area contributed by atoms with Crippen LogP contribution in [0.5, 0.6) is 0 Å². The highest BCUT2D eigenvalue weighted by Crippen LogP contribution is 1.98. The van der Waals surface area contributed by atoms with Crippen LogP contribution in [-0.2, 0) is 28.5 Å². The van der Waals surface area contributed by atoms with Crippen molar-refractivity contribution >= 4 is 11.9 Å². The van der Waals surface area contributed by atoms with Crippen LogP contribution in [0.2, 0.25) is 0 Å². The van der Waals surface area contributed by atoms with Gasteiger partial charge in [0, 0.05) is 18.1 Å². The van der Waals surface area contributed by atoms with Crippen LogP contribution in [0.15, 0.2) is 25.3 Å². The summed E-state index contributed by atoms with van der Waals surface area (Å²) >= 11 is 0. The van der Waals surface area contributed by atoms with E-state index < -0.39 is 11.9 Å². The number of esters is 2. The normalized spacial score (nSPS) is 10.2. The number of hydrogen-bond acceptors (Lipinski definition) is 7. The third-order valence-corrected chi connectivity index (χ3v) is 2.24. The quantitative estimate of drug-likeness (QED) is 0.293. The van der Waals surface area contributed by atoms with Crippen molar-refractivity contribution < 1.29 is 33.6 Å². The second kappa shape index (κ2) is 13.3. The van der Waals surface area contributed by atoms with Gasteiger partial charge in [-0.05, 0) is 0 Å². The molecule has 0 aliphatic rings. The lowest BCUT2D eigenvalue weighted by molar-refractivity contribution is -0.139. The van der Waals surface area contributed by atoms with E-state index in [9.17, 15) is 9.59 Å². The first-order valence-electron chi connectivity index (χ1n) is 6.48. The Morgan fingerprint density at radius 1 is 0.905 bits per heavy atom. The molecule has 0 aromatic carbocycles. The first-order valence-corrected chi connectivity index (χ1v) is 6.48. The average molecular weight is 302 g/mol. The third-order valence-electron chi connectivity index (χ3n) is 2.24. The summed E-state index contributed by atoms with van der Waals surface area (Å²) in [4.78, 5) is 21.5. The largest absolute Gasteiger partial charge is 0.460 e. The summed E-state index contributed by atoms with van der Waals surface area (Å²) in [6.07, 6.45) is 2.15. The molecule has 0 unspecified atom stereocenters. The lowest BCUT2D eigenvalue weighted by atomic mass is 10.2. The van der Waals surface area contributed by atoms with Gasteiger partial charge < -0.3 is 24.1 Å². The molecular weight excluding hydrogens is 280 g/mol. The van der Waals surface area contributed by atoms with Gasteiger partial charge in [-0.25, -0.2) is 9.59 Å². The molecule has 0 fully saturated rings. The Kier molecular flexibility index (Phi) is 12.2. The van der Waals surface area contributed by atoms with Gasteiger partial charge in [0.25, 0.3) is 0 Å². The Balaban J connectivity index is 3.53. The zero-order chi connectivity index (χ0) is 15.9. The van der Waals surface area contributed by atoms with Gasteiger partial charge >= 0.3 is 11.9 Å². The van der Waals surface area contributed by atoms with Gasteiger partial charge in [-0.2, -0.15) is 0 Å². The van der Waals surface area contributed by atoms with Gasteiger partial charge in [0.15, 0.2) is 0 Å². The molecule has 0 aliphatic heterocycles. The fraction of sp³-hybridized carbons (Fsp3) is 0.571. The van der Waals surface area contributed by atoms with Crippen LogP contribution in [0, 0.1) is 5.92 Å². The average Bonchev–Trinajstić information content (AvgIpc) is 2.51. The van der Waals surface area contributed by atoms with E-state index in [0.29, 0.717) is 0 Å². The van der Waals surface area contributed by atoms with Gasteiger partial charge in [-0.15, -0.1) is 0 Å². The minimum atomic E-state index is -0.505. The Morgan fingerprint density at radius 3 is 1.67 bits per heavy atom. The summed E-state index contributed by atoms with van der Waals surface area (Å²) in [5.74, 6) is -1.21. The van der Waals surface area contributed by atoms with Crippen molar-refractivity contribution in [3.8, 4) is 0 Å². The van der Waals surface area contributed by atoms with Crippen LogP contribution in [0.4, 0.5) is 0 Å². The predicted octanol–water partition coefficient (Wildman–Crippen LogP) is 0.0865. The molecule has 0 aromatic rings. The van der Waals surface area contributed by atoms with Crippen molar-refractivity contribution in [1.29, 1.82) is 0 Å². The molecule has 1 N–H and O–H groups in total. The number of ether oxygens (including phenoxy) is 4. The smallest absolute Gasteiger partial charge is 0.330 e. The molecule has 7 heteroatoms. The van der Waals surface area contributed by atoms with Crippen LogP contribution in [-0.4, -0.2) is 63.3 Å². The van der Waals surface area contributed by atoms with Gasteiger partial charge in [0.2, 0.25) is 0 Å². The molecule has 0 aliphatic carbocycles. The molecule has 0 bridgehead atoms. The van der Waals surface area contributed by atoms with E-state index in [-0.39, 0.29) is 52.2 Å². The van der Waals surface area contributed by atoms with Crippen molar-refractivity contribution in [1.82, 2.24) is 0 Å². The van der Waals surface area contributed by atoms with E-state index in [1.807, 2.05) is 0 Å². The topological polar surface area (TPSA) is 91.3 Å². The van der Waals surface area contributed by atoms with E-state index in [4.69, 9.17) is 24.1 Å². The molecule has 120 valence electrons. The minimum absolute atomic E-state index is 0.0983. The lowest BCUT2D eigenvalue weighted by Crippen LogP contribution is -2.22. The van der Waals surface area contributed by atoms with Crippen LogP contribution in [0.25, 0.3) is 0 Å². The molecule has 0 saturated heterocycles. The SMILES string of the molecule is C=CC(=O)OCCOCC(CO)COCCOC(=O)C=C. The molecular formula is C14H22O7. The first kappa shape index (κ1) is 19.3. The number of carbonyl (C=O) groups excluding carboxylic acids is 2. The van der Waals surface area contributed by atoms with Crippen LogP contribution in [0.1, 0.15) is 0 Å². The second-order valence-corrected chi connectivity index (χ2v) is 3.94. The van der Waals surface area contributed by atoms with Crippen LogP contribution in [0.3, 0.4) is 0 Å². The molecule has 0 saturated carbocycles. The number of aliphatic hydroxyl groups is 1. The Bertz CT molecular complexity index is 297. The minimum Gasteiger partial charge on any atom is -0.460 e. The lowest BCUT2D eigenvalue weighted by Gasteiger charge is -2.14. The standard InChI is InChI=1S/C14H22O7/c1-3-13(16)20-7-5-18-10-12(9-15)11-19-6-8-21-14(17)4-2/h3-4,12,15H,1-2,5-11H2. The molecule has 0 amide bonds. The second-order valence-electron chi connectivity index (χ2n) is 3.94. The molecule has 0 radical (unpaired) electrons. The van der Waals surface area contributed by atoms with Gasteiger partial charge in [-0.3, -0.25) is 0 Å². The predicted molar refractivity (Wildman–Crippen MR) is 74.5 cm³/mol. The van der Waals surface area contributed by atoms with E-state index in [1.165, 1.54) is 0 Å². The fourth-order valence-corrected chi connectivity index (χ4v) is 1.17. The van der Waals surface area contributed by atoms with Crippen molar-refractivity contribution in [2.24, 2.45) is 5.92 Å². The molecule has 0 heterocycles. The fourth-order valence-electron chi connectivity index (χ4n) is 1.17. The summed E-state index contributed by atoms with van der Waals surface area (Å²) in [5, 5.41) is 9.13. The zero-order valence-electron chi connectivity index (χ0n) is 12.0. The zero-order valence-corrected chi connectivity index (χ0v) is 12.0. The van der Waals surface area contributed by atoms with Crippen LogP contribution < -0.4 is 0 Å². The van der Waals surface area contributed by atoms with Gasteiger partial charge in [0.1, 0.15) is 13.2 Å². The molecule has 0 atom stereocenters. The molecule has 0 aromatic heterocycles. The van der Waals surface area contributed by atoms with Crippen LogP contribution >= 0.6 is 0 Å². The highest BCUT2D eigenvalue weighted by Gasteiger charge is 2.08. The monoisotopic (exact) mass is 302 g/mol. The van der Waals surface area contributed by atoms with Crippen molar-refractivity contribution in [2.75, 3.05) is 46.2 Å². The maximum Gasteiger partial charge on any atom is 0.330 e. The molecule has 0 spiro atoms. The van der Waals surface area contributed by atoms with Crippen molar-refractivity contribution in [3.63, 3.8) is 0 Å². The number of aliphatic hydroxyl groups excluding tert-OH is 1.